The molecule has 1 aromatic carbocycles. The highest BCUT2D eigenvalue weighted by molar-refractivity contribution is 5.94. The van der Waals surface area contributed by atoms with Crippen LogP contribution in [0.1, 0.15) is 23.2 Å². The minimum atomic E-state index is -1.01. The van der Waals surface area contributed by atoms with Crippen molar-refractivity contribution in [3.63, 3.8) is 0 Å². The summed E-state index contributed by atoms with van der Waals surface area (Å²) in [7, 11) is 0. The van der Waals surface area contributed by atoms with E-state index in [0.717, 1.165) is 25.0 Å². The zero-order chi connectivity index (χ0) is 17.1. The van der Waals surface area contributed by atoms with E-state index in [1.165, 1.54) is 6.07 Å². The number of morpholine rings is 1. The maximum Gasteiger partial charge on any atom is 0.254 e. The van der Waals surface area contributed by atoms with Gasteiger partial charge in [-0.1, -0.05) is 6.08 Å². The standard InChI is InChI=1S/C18H21F2NO3/c1-2-8-23-11-13-4-6-16-17(13)24-9-7-21(16)18(22)12-3-5-14(19)15(20)10-12/h2-3,5,10,13,16-17H,1,4,6-9,11H2/t13-,16+,17-/m0/s1. The lowest BCUT2D eigenvalue weighted by atomic mass is 10.0. The van der Waals surface area contributed by atoms with E-state index in [4.69, 9.17) is 9.47 Å². The van der Waals surface area contributed by atoms with Crippen LogP contribution in [0.2, 0.25) is 0 Å². The van der Waals surface area contributed by atoms with Crippen molar-refractivity contribution in [2.24, 2.45) is 5.92 Å². The van der Waals surface area contributed by atoms with Crippen LogP contribution < -0.4 is 0 Å². The minimum absolute atomic E-state index is 0.0447. The third kappa shape index (κ3) is 3.35. The van der Waals surface area contributed by atoms with E-state index < -0.39 is 11.6 Å². The number of halogens is 2. The summed E-state index contributed by atoms with van der Waals surface area (Å²) >= 11 is 0. The van der Waals surface area contributed by atoms with Crippen molar-refractivity contribution in [2.75, 3.05) is 26.4 Å². The lowest BCUT2D eigenvalue weighted by molar-refractivity contribution is -0.0738. The first-order valence-corrected chi connectivity index (χ1v) is 8.18. The second-order valence-electron chi connectivity index (χ2n) is 6.19. The summed E-state index contributed by atoms with van der Waals surface area (Å²) in [4.78, 5) is 14.4. The highest BCUT2D eigenvalue weighted by atomic mass is 19.2. The van der Waals surface area contributed by atoms with Gasteiger partial charge >= 0.3 is 0 Å². The molecule has 1 saturated heterocycles. The van der Waals surface area contributed by atoms with E-state index >= 15 is 0 Å². The van der Waals surface area contributed by atoms with E-state index in [1.807, 2.05) is 0 Å². The quantitative estimate of drug-likeness (QED) is 0.613. The summed E-state index contributed by atoms with van der Waals surface area (Å²) in [5.74, 6) is -2.00. The molecular weight excluding hydrogens is 316 g/mol. The molecule has 2 fully saturated rings. The second kappa shape index (κ2) is 7.40. The van der Waals surface area contributed by atoms with Gasteiger partial charge in [-0.25, -0.2) is 8.78 Å². The summed E-state index contributed by atoms with van der Waals surface area (Å²) in [5, 5.41) is 0. The molecule has 6 heteroatoms. The van der Waals surface area contributed by atoms with Crippen molar-refractivity contribution in [3.8, 4) is 0 Å². The molecule has 0 radical (unpaired) electrons. The first-order valence-electron chi connectivity index (χ1n) is 8.18. The summed E-state index contributed by atoms with van der Waals surface area (Å²) in [6.45, 7) is 5.58. The van der Waals surface area contributed by atoms with Gasteiger partial charge in [0.05, 0.1) is 32.0 Å². The molecule has 1 aliphatic heterocycles. The highest BCUT2D eigenvalue weighted by Crippen LogP contribution is 2.35. The van der Waals surface area contributed by atoms with Crippen LogP contribution in [0, 0.1) is 17.6 Å². The summed E-state index contributed by atoms with van der Waals surface area (Å²) in [5.41, 5.74) is 0.168. The molecule has 3 atom stereocenters. The SMILES string of the molecule is C=CCOC[C@@H]1CC[C@@H]2[C@H]1OCCN2C(=O)c1ccc(F)c(F)c1. The van der Waals surface area contributed by atoms with Crippen molar-refractivity contribution in [2.45, 2.75) is 25.0 Å². The Labute approximate surface area is 140 Å². The number of hydrogen-bond acceptors (Lipinski definition) is 3. The van der Waals surface area contributed by atoms with Gasteiger partial charge in [-0.2, -0.15) is 0 Å². The van der Waals surface area contributed by atoms with E-state index in [9.17, 15) is 13.6 Å². The van der Waals surface area contributed by atoms with Gasteiger partial charge in [0.2, 0.25) is 0 Å². The van der Waals surface area contributed by atoms with Gasteiger partial charge in [0.15, 0.2) is 11.6 Å². The van der Waals surface area contributed by atoms with Gasteiger partial charge in [0.25, 0.3) is 5.91 Å². The fourth-order valence-electron chi connectivity index (χ4n) is 3.59. The van der Waals surface area contributed by atoms with Gasteiger partial charge in [-0.05, 0) is 31.0 Å². The Balaban J connectivity index is 1.71. The molecule has 0 spiro atoms. The maximum atomic E-state index is 13.4. The predicted molar refractivity (Wildman–Crippen MR) is 84.7 cm³/mol. The zero-order valence-electron chi connectivity index (χ0n) is 13.4. The van der Waals surface area contributed by atoms with Crippen LogP contribution in [0.25, 0.3) is 0 Å². The molecule has 0 bridgehead atoms. The van der Waals surface area contributed by atoms with Crippen LogP contribution in [-0.2, 0) is 9.47 Å². The molecule has 130 valence electrons. The van der Waals surface area contributed by atoms with Crippen LogP contribution in [0.4, 0.5) is 8.78 Å². The molecule has 3 rings (SSSR count). The van der Waals surface area contributed by atoms with Gasteiger partial charge in [-0.3, -0.25) is 4.79 Å². The second-order valence-corrected chi connectivity index (χ2v) is 6.19. The molecule has 1 heterocycles. The minimum Gasteiger partial charge on any atom is -0.377 e. The van der Waals surface area contributed by atoms with E-state index in [-0.39, 0.29) is 29.5 Å². The first kappa shape index (κ1) is 17.0. The van der Waals surface area contributed by atoms with Crippen molar-refractivity contribution < 1.29 is 23.0 Å². The number of hydrogen-bond donors (Lipinski definition) is 0. The number of carbonyl (C=O) groups excluding carboxylic acids is 1. The molecule has 0 N–H and O–H groups in total. The fourth-order valence-corrected chi connectivity index (χ4v) is 3.59. The molecule has 4 nitrogen and oxygen atoms in total. The largest absolute Gasteiger partial charge is 0.377 e. The lowest BCUT2D eigenvalue weighted by Gasteiger charge is -2.39. The number of carbonyl (C=O) groups is 1. The molecule has 1 aliphatic carbocycles. The highest BCUT2D eigenvalue weighted by Gasteiger charge is 2.44. The molecule has 1 saturated carbocycles. The number of ether oxygens (including phenoxy) is 2. The van der Waals surface area contributed by atoms with Crippen LogP contribution in [0.5, 0.6) is 0 Å². The average Bonchev–Trinajstić information content (AvgIpc) is 3.00. The van der Waals surface area contributed by atoms with Gasteiger partial charge in [0, 0.05) is 18.0 Å². The Morgan fingerprint density at radius 1 is 1.38 bits per heavy atom. The number of rotatable bonds is 5. The Hall–Kier alpha value is -1.79. The van der Waals surface area contributed by atoms with Crippen LogP contribution in [0.15, 0.2) is 30.9 Å². The lowest BCUT2D eigenvalue weighted by Crippen LogP contribution is -2.53. The summed E-state index contributed by atoms with van der Waals surface area (Å²) < 4.78 is 37.9. The molecule has 1 aromatic rings. The van der Waals surface area contributed by atoms with Crippen molar-refractivity contribution in [1.82, 2.24) is 4.90 Å². The number of amides is 1. The maximum absolute atomic E-state index is 13.4. The number of nitrogens with zero attached hydrogens (tertiary/aromatic N) is 1. The smallest absolute Gasteiger partial charge is 0.254 e. The monoisotopic (exact) mass is 337 g/mol. The Morgan fingerprint density at radius 3 is 2.96 bits per heavy atom. The molecule has 1 amide bonds. The zero-order valence-corrected chi connectivity index (χ0v) is 13.4. The van der Waals surface area contributed by atoms with Crippen LogP contribution >= 0.6 is 0 Å². The number of fused-ring (bicyclic) bond motifs is 1. The van der Waals surface area contributed by atoms with E-state index in [2.05, 4.69) is 6.58 Å². The number of benzene rings is 1. The average molecular weight is 337 g/mol. The molecule has 0 aromatic heterocycles. The first-order chi connectivity index (χ1) is 11.6. The molecule has 0 unspecified atom stereocenters. The van der Waals surface area contributed by atoms with E-state index in [0.29, 0.717) is 26.4 Å². The summed E-state index contributed by atoms with van der Waals surface area (Å²) in [6, 6.07) is 3.23. The van der Waals surface area contributed by atoms with E-state index in [1.54, 1.807) is 11.0 Å². The van der Waals surface area contributed by atoms with Crippen LogP contribution in [-0.4, -0.2) is 49.3 Å². The Bertz CT molecular complexity index is 622. The summed E-state index contributed by atoms with van der Waals surface area (Å²) in [6.07, 6.45) is 3.36. The molecule has 2 aliphatic rings. The van der Waals surface area contributed by atoms with Crippen molar-refractivity contribution >= 4 is 5.91 Å². The normalized spacial score (nSPS) is 26.2. The van der Waals surface area contributed by atoms with Crippen molar-refractivity contribution in [3.05, 3.63) is 48.1 Å². The third-order valence-electron chi connectivity index (χ3n) is 4.71. The van der Waals surface area contributed by atoms with Gasteiger partial charge < -0.3 is 14.4 Å². The van der Waals surface area contributed by atoms with Crippen LogP contribution in [0.3, 0.4) is 0 Å². The van der Waals surface area contributed by atoms with Crippen molar-refractivity contribution in [1.29, 1.82) is 0 Å². The van der Waals surface area contributed by atoms with Gasteiger partial charge in [0.1, 0.15) is 0 Å². The molecule has 24 heavy (non-hydrogen) atoms. The fraction of sp³-hybridized carbons (Fsp3) is 0.500. The molecular formula is C18H21F2NO3. The Morgan fingerprint density at radius 2 is 2.21 bits per heavy atom. The third-order valence-corrected chi connectivity index (χ3v) is 4.71. The topological polar surface area (TPSA) is 38.8 Å². The Kier molecular flexibility index (Phi) is 5.26. The van der Waals surface area contributed by atoms with Gasteiger partial charge in [-0.15, -0.1) is 6.58 Å². The predicted octanol–water partition coefficient (Wildman–Crippen LogP) is 2.79.